The maximum Gasteiger partial charge on any atom is 0.247 e. The first-order chi connectivity index (χ1) is 9.83. The van der Waals surface area contributed by atoms with Gasteiger partial charge in [-0.05, 0) is 36.9 Å². The lowest BCUT2D eigenvalue weighted by Crippen LogP contribution is -2.24. The summed E-state index contributed by atoms with van der Waals surface area (Å²) in [5, 5.41) is 11.6. The van der Waals surface area contributed by atoms with E-state index >= 15 is 0 Å². The highest BCUT2D eigenvalue weighted by molar-refractivity contribution is 5.51. The average Bonchev–Trinajstić information content (AvgIpc) is 3.10. The summed E-state index contributed by atoms with van der Waals surface area (Å²) in [4.78, 5) is 0. The molecule has 1 aliphatic rings. The lowest BCUT2D eigenvalue weighted by molar-refractivity contribution is 0.378. The van der Waals surface area contributed by atoms with Crippen molar-refractivity contribution in [2.45, 2.75) is 32.7 Å². The molecule has 20 heavy (non-hydrogen) atoms. The van der Waals surface area contributed by atoms with Gasteiger partial charge in [0.1, 0.15) is 0 Å². The van der Waals surface area contributed by atoms with Gasteiger partial charge in [0.25, 0.3) is 0 Å². The molecule has 0 spiro atoms. The molecule has 4 nitrogen and oxygen atoms in total. The third kappa shape index (κ3) is 3.07. The van der Waals surface area contributed by atoms with Gasteiger partial charge in [-0.25, -0.2) is 0 Å². The van der Waals surface area contributed by atoms with E-state index in [0.29, 0.717) is 18.3 Å². The van der Waals surface area contributed by atoms with Gasteiger partial charge in [0.2, 0.25) is 11.8 Å². The fraction of sp³-hybridized carbons (Fsp3) is 0.500. The normalized spacial score (nSPS) is 22.2. The lowest BCUT2D eigenvalue weighted by Gasteiger charge is -2.14. The molecule has 2 atom stereocenters. The topological polar surface area (TPSA) is 51.0 Å². The van der Waals surface area contributed by atoms with Crippen LogP contribution in [-0.2, 0) is 6.54 Å². The van der Waals surface area contributed by atoms with E-state index in [-0.39, 0.29) is 0 Å². The van der Waals surface area contributed by atoms with Crippen LogP contribution in [0.15, 0.2) is 34.7 Å². The van der Waals surface area contributed by atoms with E-state index in [2.05, 4.69) is 22.4 Å². The summed E-state index contributed by atoms with van der Waals surface area (Å²) in [5.74, 6) is 2.89. The van der Waals surface area contributed by atoms with Gasteiger partial charge in [0.15, 0.2) is 0 Å². The largest absolute Gasteiger partial charge is 0.419 e. The number of hydrogen-bond acceptors (Lipinski definition) is 4. The molecular weight excluding hydrogens is 250 g/mol. The Morgan fingerprint density at radius 2 is 2.05 bits per heavy atom. The Bertz CT molecular complexity index is 538. The molecule has 2 unspecified atom stereocenters. The van der Waals surface area contributed by atoms with Gasteiger partial charge in [-0.1, -0.05) is 38.0 Å². The minimum absolute atomic E-state index is 0.594. The van der Waals surface area contributed by atoms with Crippen LogP contribution in [0.3, 0.4) is 0 Å². The molecule has 0 radical (unpaired) electrons. The van der Waals surface area contributed by atoms with Crippen LogP contribution in [0.25, 0.3) is 11.5 Å². The van der Waals surface area contributed by atoms with Gasteiger partial charge < -0.3 is 9.73 Å². The van der Waals surface area contributed by atoms with Gasteiger partial charge in [0, 0.05) is 5.56 Å². The van der Waals surface area contributed by atoms with Crippen molar-refractivity contribution in [3.05, 3.63) is 36.2 Å². The summed E-state index contributed by atoms with van der Waals surface area (Å²) in [6.07, 6.45) is 4.07. The molecule has 1 saturated carbocycles. The van der Waals surface area contributed by atoms with Crippen molar-refractivity contribution in [3.8, 4) is 11.5 Å². The quantitative estimate of drug-likeness (QED) is 0.907. The van der Waals surface area contributed by atoms with Crippen LogP contribution in [0.2, 0.25) is 0 Å². The molecule has 0 bridgehead atoms. The predicted octanol–water partition coefficient (Wildman–Crippen LogP) is 3.26. The second-order valence-electron chi connectivity index (χ2n) is 5.67. The third-order valence-electron chi connectivity index (χ3n) is 4.21. The lowest BCUT2D eigenvalue weighted by atomic mass is 9.98. The zero-order valence-electron chi connectivity index (χ0n) is 11.9. The summed E-state index contributed by atoms with van der Waals surface area (Å²) < 4.78 is 5.68. The van der Waals surface area contributed by atoms with Gasteiger partial charge in [-0.15, -0.1) is 10.2 Å². The van der Waals surface area contributed by atoms with Crippen molar-refractivity contribution in [3.63, 3.8) is 0 Å². The molecule has 0 saturated heterocycles. The van der Waals surface area contributed by atoms with Crippen molar-refractivity contribution in [1.82, 2.24) is 15.5 Å². The van der Waals surface area contributed by atoms with Crippen LogP contribution in [-0.4, -0.2) is 16.7 Å². The zero-order valence-corrected chi connectivity index (χ0v) is 11.9. The molecule has 1 heterocycles. The van der Waals surface area contributed by atoms with E-state index in [9.17, 15) is 0 Å². The Labute approximate surface area is 119 Å². The molecule has 1 N–H and O–H groups in total. The number of aromatic nitrogens is 2. The zero-order chi connectivity index (χ0) is 13.8. The maximum absolute atomic E-state index is 5.68. The van der Waals surface area contributed by atoms with E-state index in [4.69, 9.17) is 4.42 Å². The maximum atomic E-state index is 5.68. The molecule has 1 fully saturated rings. The standard InChI is InChI=1S/C16H21N3O/c1-12-6-5-9-14(12)10-17-11-15-18-19-16(20-15)13-7-3-2-4-8-13/h2-4,7-8,12,14,17H,5-6,9-11H2,1H3. The first-order valence-corrected chi connectivity index (χ1v) is 7.41. The van der Waals surface area contributed by atoms with Gasteiger partial charge in [0.05, 0.1) is 6.54 Å². The van der Waals surface area contributed by atoms with Crippen LogP contribution in [0.1, 0.15) is 32.1 Å². The fourth-order valence-corrected chi connectivity index (χ4v) is 2.91. The predicted molar refractivity (Wildman–Crippen MR) is 77.9 cm³/mol. The van der Waals surface area contributed by atoms with Crippen LogP contribution in [0, 0.1) is 11.8 Å². The van der Waals surface area contributed by atoms with Crippen molar-refractivity contribution < 1.29 is 4.42 Å². The molecular formula is C16H21N3O. The molecule has 2 aromatic rings. The molecule has 1 aromatic carbocycles. The van der Waals surface area contributed by atoms with Crippen molar-refractivity contribution in [2.24, 2.45) is 11.8 Å². The number of hydrogen-bond donors (Lipinski definition) is 1. The summed E-state index contributed by atoms with van der Waals surface area (Å²) in [5.41, 5.74) is 0.968. The van der Waals surface area contributed by atoms with Crippen molar-refractivity contribution >= 4 is 0 Å². The van der Waals surface area contributed by atoms with E-state index < -0.39 is 0 Å². The van der Waals surface area contributed by atoms with Crippen molar-refractivity contribution in [1.29, 1.82) is 0 Å². The van der Waals surface area contributed by atoms with Gasteiger partial charge in [-0.2, -0.15) is 0 Å². The van der Waals surface area contributed by atoms with Crippen LogP contribution >= 0.6 is 0 Å². The fourth-order valence-electron chi connectivity index (χ4n) is 2.91. The number of nitrogens with one attached hydrogen (secondary N) is 1. The van der Waals surface area contributed by atoms with Crippen LogP contribution in [0.5, 0.6) is 0 Å². The summed E-state index contributed by atoms with van der Waals surface area (Å²) in [6, 6.07) is 9.87. The third-order valence-corrected chi connectivity index (χ3v) is 4.21. The highest BCUT2D eigenvalue weighted by Gasteiger charge is 2.22. The molecule has 4 heteroatoms. The van der Waals surface area contributed by atoms with E-state index in [0.717, 1.165) is 23.9 Å². The van der Waals surface area contributed by atoms with E-state index in [1.165, 1.54) is 19.3 Å². The summed E-state index contributed by atoms with van der Waals surface area (Å²) >= 11 is 0. The Hall–Kier alpha value is -1.68. The monoisotopic (exact) mass is 271 g/mol. The van der Waals surface area contributed by atoms with Gasteiger partial charge in [-0.3, -0.25) is 0 Å². The highest BCUT2D eigenvalue weighted by Crippen LogP contribution is 2.30. The molecule has 106 valence electrons. The summed E-state index contributed by atoms with van der Waals surface area (Å²) in [6.45, 7) is 4.05. The molecule has 3 rings (SSSR count). The molecule has 0 amide bonds. The molecule has 1 aromatic heterocycles. The SMILES string of the molecule is CC1CCCC1CNCc1nnc(-c2ccccc2)o1. The minimum atomic E-state index is 0.594. The molecule has 1 aliphatic carbocycles. The average molecular weight is 271 g/mol. The minimum Gasteiger partial charge on any atom is -0.419 e. The molecule has 0 aliphatic heterocycles. The number of benzene rings is 1. The first kappa shape index (κ1) is 13.3. The first-order valence-electron chi connectivity index (χ1n) is 7.41. The smallest absolute Gasteiger partial charge is 0.247 e. The van der Waals surface area contributed by atoms with Crippen LogP contribution in [0.4, 0.5) is 0 Å². The second kappa shape index (κ2) is 6.18. The Kier molecular flexibility index (Phi) is 4.11. The van der Waals surface area contributed by atoms with E-state index in [1.54, 1.807) is 0 Å². The Morgan fingerprint density at radius 1 is 1.20 bits per heavy atom. The summed E-state index contributed by atoms with van der Waals surface area (Å²) in [7, 11) is 0. The van der Waals surface area contributed by atoms with Crippen molar-refractivity contribution in [2.75, 3.05) is 6.54 Å². The number of rotatable bonds is 5. The highest BCUT2D eigenvalue weighted by atomic mass is 16.4. The Balaban J connectivity index is 1.53. The van der Waals surface area contributed by atoms with E-state index in [1.807, 2.05) is 30.3 Å². The second-order valence-corrected chi connectivity index (χ2v) is 5.67. The Morgan fingerprint density at radius 3 is 2.80 bits per heavy atom. The number of nitrogens with zero attached hydrogens (tertiary/aromatic N) is 2. The van der Waals surface area contributed by atoms with Gasteiger partial charge >= 0.3 is 0 Å². The van der Waals surface area contributed by atoms with Crippen LogP contribution < -0.4 is 5.32 Å².